The van der Waals surface area contributed by atoms with Crippen LogP contribution in [-0.4, -0.2) is 24.8 Å². The summed E-state index contributed by atoms with van der Waals surface area (Å²) in [6, 6.07) is 5.08. The van der Waals surface area contributed by atoms with Crippen molar-refractivity contribution in [3.05, 3.63) is 35.4 Å². The summed E-state index contributed by atoms with van der Waals surface area (Å²) in [4.78, 5) is 12.3. The van der Waals surface area contributed by atoms with Crippen LogP contribution in [0.2, 0.25) is 0 Å². The predicted octanol–water partition coefficient (Wildman–Crippen LogP) is 3.95. The van der Waals surface area contributed by atoms with E-state index in [4.69, 9.17) is 4.74 Å². The Labute approximate surface area is 150 Å². The van der Waals surface area contributed by atoms with Crippen molar-refractivity contribution < 1.29 is 22.7 Å². The molecule has 0 spiro atoms. The van der Waals surface area contributed by atoms with Gasteiger partial charge in [0.05, 0.1) is 23.3 Å². The molecule has 1 aromatic carbocycles. The number of nitrogens with one attached hydrogen (secondary N) is 2. The van der Waals surface area contributed by atoms with E-state index in [1.54, 1.807) is 6.07 Å². The first-order chi connectivity index (χ1) is 12.2. The van der Waals surface area contributed by atoms with Crippen molar-refractivity contribution in [3.63, 3.8) is 0 Å². The van der Waals surface area contributed by atoms with Crippen molar-refractivity contribution in [2.24, 2.45) is 5.41 Å². The zero-order chi connectivity index (χ0) is 18.6. The number of urea groups is 1. The Hall–Kier alpha value is -1.76. The van der Waals surface area contributed by atoms with Crippen LogP contribution in [0.25, 0.3) is 0 Å². The molecule has 2 saturated heterocycles. The molecule has 2 bridgehead atoms. The maximum absolute atomic E-state index is 13.3. The molecule has 7 heteroatoms. The third kappa shape index (κ3) is 3.06. The van der Waals surface area contributed by atoms with Crippen LogP contribution in [0, 0.1) is 5.41 Å². The zero-order valence-electron chi connectivity index (χ0n) is 14.7. The summed E-state index contributed by atoms with van der Waals surface area (Å²) in [5, 5.41) is 5.58. The lowest BCUT2D eigenvalue weighted by Gasteiger charge is -2.42. The first-order valence-electron chi connectivity index (χ1n) is 9.02. The highest BCUT2D eigenvalue weighted by Gasteiger charge is 2.59. The van der Waals surface area contributed by atoms with Gasteiger partial charge < -0.3 is 15.4 Å². The molecule has 26 heavy (non-hydrogen) atoms. The highest BCUT2D eigenvalue weighted by Crippen LogP contribution is 2.59. The number of hydrogen-bond acceptors (Lipinski definition) is 2. The first kappa shape index (κ1) is 17.6. The molecule has 2 heterocycles. The van der Waals surface area contributed by atoms with Gasteiger partial charge in [-0.3, -0.25) is 0 Å². The lowest BCUT2D eigenvalue weighted by atomic mass is 9.62. The average molecular weight is 368 g/mol. The van der Waals surface area contributed by atoms with Gasteiger partial charge in [0.15, 0.2) is 0 Å². The van der Waals surface area contributed by atoms with E-state index in [0.717, 1.165) is 31.9 Å². The molecule has 0 unspecified atom stereocenters. The minimum Gasteiger partial charge on any atom is -0.375 e. The van der Waals surface area contributed by atoms with Gasteiger partial charge in [-0.05, 0) is 50.7 Å². The molecule has 4 aliphatic rings. The van der Waals surface area contributed by atoms with Gasteiger partial charge in [0.2, 0.25) is 0 Å². The summed E-state index contributed by atoms with van der Waals surface area (Å²) in [5.41, 5.74) is -1.24. The summed E-state index contributed by atoms with van der Waals surface area (Å²) in [6.07, 6.45) is -0.517. The second kappa shape index (κ2) is 5.62. The van der Waals surface area contributed by atoms with Gasteiger partial charge in [-0.25, -0.2) is 4.79 Å². The number of carbonyl (C=O) groups is 1. The fourth-order valence-electron chi connectivity index (χ4n) is 4.75. The molecule has 4 nitrogen and oxygen atoms in total. The second-order valence-electron chi connectivity index (χ2n) is 8.35. The van der Waals surface area contributed by atoms with Crippen LogP contribution in [0.4, 0.5) is 18.0 Å². The van der Waals surface area contributed by atoms with Crippen LogP contribution in [0.5, 0.6) is 0 Å². The Bertz CT molecular complexity index is 722. The number of carbonyl (C=O) groups excluding carboxylic acids is 1. The van der Waals surface area contributed by atoms with E-state index in [1.807, 2.05) is 0 Å². The largest absolute Gasteiger partial charge is 0.416 e. The van der Waals surface area contributed by atoms with Crippen molar-refractivity contribution in [2.45, 2.75) is 56.3 Å². The molecule has 2 aliphatic carbocycles. The average Bonchev–Trinajstić information content (AvgIpc) is 3.14. The van der Waals surface area contributed by atoms with Crippen LogP contribution in [-0.2, 0) is 16.5 Å². The van der Waals surface area contributed by atoms with E-state index in [1.165, 1.54) is 12.1 Å². The number of rotatable bonds is 5. The number of amides is 2. The highest BCUT2D eigenvalue weighted by atomic mass is 19.4. The van der Waals surface area contributed by atoms with Crippen LogP contribution >= 0.6 is 0 Å². The SMILES string of the molecule is CC12CC(CCNC(=O)NC3(c4ccccc4C(F)(F)F)CC3)(CO1)C2. The van der Waals surface area contributed by atoms with Crippen molar-refractivity contribution in [1.82, 2.24) is 10.6 Å². The van der Waals surface area contributed by atoms with Gasteiger partial charge in [-0.2, -0.15) is 13.2 Å². The summed E-state index contributed by atoms with van der Waals surface area (Å²) < 4.78 is 45.5. The van der Waals surface area contributed by atoms with E-state index in [-0.39, 0.29) is 16.6 Å². The summed E-state index contributed by atoms with van der Waals surface area (Å²) >= 11 is 0. The lowest BCUT2D eigenvalue weighted by molar-refractivity contribution is -0.138. The van der Waals surface area contributed by atoms with Crippen LogP contribution in [0.3, 0.4) is 0 Å². The molecular weight excluding hydrogens is 345 g/mol. The molecule has 2 amide bonds. The van der Waals surface area contributed by atoms with Gasteiger partial charge in [0.1, 0.15) is 0 Å². The first-order valence-corrected chi connectivity index (χ1v) is 9.02. The zero-order valence-corrected chi connectivity index (χ0v) is 14.7. The molecule has 1 aromatic rings. The topological polar surface area (TPSA) is 50.4 Å². The number of hydrogen-bond donors (Lipinski definition) is 2. The van der Waals surface area contributed by atoms with Crippen molar-refractivity contribution in [1.29, 1.82) is 0 Å². The third-order valence-electron chi connectivity index (χ3n) is 6.02. The van der Waals surface area contributed by atoms with Crippen molar-refractivity contribution >= 4 is 6.03 Å². The monoisotopic (exact) mass is 368 g/mol. The normalized spacial score (nSPS) is 31.2. The molecule has 0 radical (unpaired) electrons. The Morgan fingerprint density at radius 3 is 2.50 bits per heavy atom. The summed E-state index contributed by atoms with van der Waals surface area (Å²) in [7, 11) is 0. The number of halogens is 3. The van der Waals surface area contributed by atoms with E-state index in [9.17, 15) is 18.0 Å². The maximum Gasteiger partial charge on any atom is 0.416 e. The lowest BCUT2D eigenvalue weighted by Crippen LogP contribution is -2.46. The molecule has 5 rings (SSSR count). The summed E-state index contributed by atoms with van der Waals surface area (Å²) in [6.45, 7) is 3.34. The quantitative estimate of drug-likeness (QED) is 0.827. The standard InChI is InChI=1S/C19H23F3N2O2/c1-16-10-17(11-16,12-26-16)8-9-23-15(25)24-18(6-7-18)13-4-2-3-5-14(13)19(20,21)22/h2-5H,6-12H2,1H3,(H2,23,24,25). The van der Waals surface area contributed by atoms with E-state index >= 15 is 0 Å². The van der Waals surface area contributed by atoms with Gasteiger partial charge >= 0.3 is 12.2 Å². The van der Waals surface area contributed by atoms with Crippen LogP contribution in [0.1, 0.15) is 50.2 Å². The van der Waals surface area contributed by atoms with Crippen molar-refractivity contribution in [3.8, 4) is 0 Å². The van der Waals surface area contributed by atoms with Gasteiger partial charge in [0.25, 0.3) is 0 Å². The molecular formula is C19H23F3N2O2. The maximum atomic E-state index is 13.3. The Morgan fingerprint density at radius 1 is 1.23 bits per heavy atom. The van der Waals surface area contributed by atoms with E-state index < -0.39 is 23.3 Å². The number of fused-ring (bicyclic) bond motifs is 1. The second-order valence-corrected chi connectivity index (χ2v) is 8.35. The number of ether oxygens (including phenoxy) is 1. The molecule has 0 atom stereocenters. The van der Waals surface area contributed by atoms with Gasteiger partial charge in [-0.15, -0.1) is 0 Å². The Balaban J connectivity index is 1.35. The van der Waals surface area contributed by atoms with Gasteiger partial charge in [0, 0.05) is 12.0 Å². The van der Waals surface area contributed by atoms with Crippen LogP contribution in [0.15, 0.2) is 24.3 Å². The summed E-state index contributed by atoms with van der Waals surface area (Å²) in [5.74, 6) is 0. The van der Waals surface area contributed by atoms with Crippen molar-refractivity contribution in [2.75, 3.05) is 13.2 Å². The molecule has 2 aliphatic heterocycles. The molecule has 2 saturated carbocycles. The highest BCUT2D eigenvalue weighted by molar-refractivity contribution is 5.75. The van der Waals surface area contributed by atoms with E-state index in [0.29, 0.717) is 19.4 Å². The number of benzene rings is 1. The minimum absolute atomic E-state index is 0.0155. The minimum atomic E-state index is -4.43. The molecule has 2 N–H and O–H groups in total. The Morgan fingerprint density at radius 2 is 1.92 bits per heavy atom. The molecule has 0 aromatic heterocycles. The third-order valence-corrected chi connectivity index (χ3v) is 6.02. The van der Waals surface area contributed by atoms with Gasteiger partial charge in [-0.1, -0.05) is 18.2 Å². The molecule has 4 fully saturated rings. The predicted molar refractivity (Wildman–Crippen MR) is 89.5 cm³/mol. The number of alkyl halides is 3. The van der Waals surface area contributed by atoms with Crippen LogP contribution < -0.4 is 10.6 Å². The smallest absolute Gasteiger partial charge is 0.375 e. The fourth-order valence-corrected chi connectivity index (χ4v) is 4.75. The molecule has 142 valence electrons. The fraction of sp³-hybridized carbons (Fsp3) is 0.632. The van der Waals surface area contributed by atoms with E-state index in [2.05, 4.69) is 17.6 Å². The Kier molecular flexibility index (Phi) is 3.81.